The smallest absolute Gasteiger partial charge is 0.163 e. The Kier molecular flexibility index (Phi) is 6.73. The van der Waals surface area contributed by atoms with Gasteiger partial charge in [0.1, 0.15) is 5.75 Å². The van der Waals surface area contributed by atoms with E-state index in [0.717, 1.165) is 52.5 Å². The summed E-state index contributed by atoms with van der Waals surface area (Å²) in [7, 11) is 1.67. The number of fused-ring (bicyclic) bond motifs is 1. The van der Waals surface area contributed by atoms with Crippen LogP contribution in [0.15, 0.2) is 84.1 Å². The van der Waals surface area contributed by atoms with E-state index in [4.69, 9.17) is 4.74 Å². The topological polar surface area (TPSA) is 53.6 Å². The Hall–Kier alpha value is -3.73. The molecule has 3 aromatic rings. The number of benzene rings is 3. The third-order valence-corrected chi connectivity index (χ3v) is 7.42. The zero-order chi connectivity index (χ0) is 25.2. The number of hydrogen-bond donors (Lipinski definition) is 2. The van der Waals surface area contributed by atoms with Gasteiger partial charge in [-0.1, -0.05) is 36.4 Å². The maximum absolute atomic E-state index is 13.8. The number of methoxy groups -OCH3 is 1. The van der Waals surface area contributed by atoms with Crippen molar-refractivity contribution in [2.75, 3.05) is 29.2 Å². The second kappa shape index (κ2) is 10.1. The van der Waals surface area contributed by atoms with Crippen LogP contribution in [0, 0.1) is 0 Å². The van der Waals surface area contributed by atoms with Crippen molar-refractivity contribution in [2.24, 2.45) is 0 Å². The van der Waals surface area contributed by atoms with Crippen molar-refractivity contribution in [1.82, 2.24) is 0 Å². The number of anilines is 3. The van der Waals surface area contributed by atoms with E-state index in [1.807, 2.05) is 24.3 Å². The first-order chi connectivity index (χ1) is 17.5. The van der Waals surface area contributed by atoms with Crippen LogP contribution in [0.2, 0.25) is 0 Å². The SMILES string of the molecule is CCN(c1ccc(C2Nc3ccccc3NC3=C2C(=O)CC(c2ccc(OC)cc2)C3)cc1)C(C)C. The van der Waals surface area contributed by atoms with Gasteiger partial charge in [0.25, 0.3) is 0 Å². The van der Waals surface area contributed by atoms with Crippen LogP contribution in [0.3, 0.4) is 0 Å². The normalized spacial score (nSPS) is 19.1. The van der Waals surface area contributed by atoms with Crippen LogP contribution in [0.5, 0.6) is 5.75 Å². The highest BCUT2D eigenvalue weighted by molar-refractivity contribution is 6.01. The minimum absolute atomic E-state index is 0.132. The molecule has 0 amide bonds. The second-order valence-corrected chi connectivity index (χ2v) is 9.91. The predicted molar refractivity (Wildman–Crippen MR) is 148 cm³/mol. The van der Waals surface area contributed by atoms with Gasteiger partial charge >= 0.3 is 0 Å². The van der Waals surface area contributed by atoms with E-state index in [0.29, 0.717) is 12.5 Å². The van der Waals surface area contributed by atoms with Crippen LogP contribution in [0.4, 0.5) is 17.1 Å². The zero-order valence-electron chi connectivity index (χ0n) is 21.5. The molecule has 0 saturated carbocycles. The van der Waals surface area contributed by atoms with Crippen LogP contribution in [0.1, 0.15) is 56.7 Å². The monoisotopic (exact) mass is 481 g/mol. The van der Waals surface area contributed by atoms with Crippen LogP contribution in [-0.2, 0) is 4.79 Å². The molecule has 186 valence electrons. The second-order valence-electron chi connectivity index (χ2n) is 9.91. The zero-order valence-corrected chi connectivity index (χ0v) is 21.5. The molecule has 5 rings (SSSR count). The maximum Gasteiger partial charge on any atom is 0.163 e. The van der Waals surface area contributed by atoms with E-state index in [9.17, 15) is 4.79 Å². The first-order valence-corrected chi connectivity index (χ1v) is 12.9. The summed E-state index contributed by atoms with van der Waals surface area (Å²) in [6, 6.07) is 25.2. The van der Waals surface area contributed by atoms with E-state index in [2.05, 4.69) is 84.8 Å². The highest BCUT2D eigenvalue weighted by Crippen LogP contribution is 2.44. The third-order valence-electron chi connectivity index (χ3n) is 7.42. The highest BCUT2D eigenvalue weighted by Gasteiger charge is 2.36. The molecule has 0 bridgehead atoms. The van der Waals surface area contributed by atoms with Crippen molar-refractivity contribution in [3.8, 4) is 5.75 Å². The van der Waals surface area contributed by atoms with Gasteiger partial charge in [0.05, 0.1) is 24.5 Å². The molecule has 0 aromatic heterocycles. The molecule has 5 nitrogen and oxygen atoms in total. The lowest BCUT2D eigenvalue weighted by Gasteiger charge is -2.31. The van der Waals surface area contributed by atoms with Gasteiger partial charge < -0.3 is 20.3 Å². The Morgan fingerprint density at radius 2 is 1.58 bits per heavy atom. The predicted octanol–water partition coefficient (Wildman–Crippen LogP) is 6.91. The van der Waals surface area contributed by atoms with Crippen molar-refractivity contribution >= 4 is 22.8 Å². The molecule has 2 atom stereocenters. The Labute approximate surface area is 214 Å². The molecule has 1 aliphatic carbocycles. The highest BCUT2D eigenvalue weighted by atomic mass is 16.5. The number of para-hydroxylation sites is 2. The van der Waals surface area contributed by atoms with E-state index in [1.165, 1.54) is 5.69 Å². The van der Waals surface area contributed by atoms with Crippen molar-refractivity contribution in [2.45, 2.75) is 51.6 Å². The average Bonchev–Trinajstić information content (AvgIpc) is 3.06. The summed E-state index contributed by atoms with van der Waals surface area (Å²) in [6.45, 7) is 7.56. The summed E-state index contributed by atoms with van der Waals surface area (Å²) in [4.78, 5) is 16.1. The van der Waals surface area contributed by atoms with Crippen molar-refractivity contribution in [3.63, 3.8) is 0 Å². The fourth-order valence-electron chi connectivity index (χ4n) is 5.56. The molecule has 2 aliphatic rings. The first-order valence-electron chi connectivity index (χ1n) is 12.9. The van der Waals surface area contributed by atoms with Gasteiger partial charge in [-0.25, -0.2) is 0 Å². The van der Waals surface area contributed by atoms with E-state index < -0.39 is 0 Å². The molecular weight excluding hydrogens is 446 g/mol. The van der Waals surface area contributed by atoms with Crippen LogP contribution in [-0.4, -0.2) is 25.5 Å². The van der Waals surface area contributed by atoms with Gasteiger partial charge in [-0.05, 0) is 80.6 Å². The molecule has 2 N–H and O–H groups in total. The molecule has 3 aromatic carbocycles. The lowest BCUT2D eigenvalue weighted by atomic mass is 9.78. The minimum atomic E-state index is -0.205. The summed E-state index contributed by atoms with van der Waals surface area (Å²) in [6.07, 6.45) is 1.28. The Morgan fingerprint density at radius 1 is 0.917 bits per heavy atom. The Balaban J connectivity index is 1.53. The number of allylic oxidation sites excluding steroid dienone is 1. The number of ether oxygens (including phenoxy) is 1. The number of hydrogen-bond acceptors (Lipinski definition) is 5. The van der Waals surface area contributed by atoms with Crippen molar-refractivity contribution in [1.29, 1.82) is 0 Å². The molecule has 0 fully saturated rings. The lowest BCUT2D eigenvalue weighted by molar-refractivity contribution is -0.116. The first kappa shape index (κ1) is 24.0. The number of rotatable bonds is 6. The standard InChI is InChI=1S/C31H35N3O2/c1-5-34(20(2)3)24-14-10-22(11-15-24)31-30-28(32-26-8-6-7-9-27(26)33-31)18-23(19-29(30)35)21-12-16-25(36-4)17-13-21/h6-17,20,23,31-33H,5,18-19H2,1-4H3. The van der Waals surface area contributed by atoms with E-state index >= 15 is 0 Å². The fourth-order valence-corrected chi connectivity index (χ4v) is 5.56. The van der Waals surface area contributed by atoms with Crippen LogP contribution in [0.25, 0.3) is 0 Å². The van der Waals surface area contributed by atoms with E-state index in [1.54, 1.807) is 7.11 Å². The summed E-state index contributed by atoms with van der Waals surface area (Å²) in [5, 5.41) is 7.32. The molecule has 36 heavy (non-hydrogen) atoms. The quantitative estimate of drug-likeness (QED) is 0.401. The molecule has 0 radical (unpaired) electrons. The van der Waals surface area contributed by atoms with Crippen molar-refractivity contribution in [3.05, 3.63) is 95.2 Å². The number of nitrogens with zero attached hydrogens (tertiary/aromatic N) is 1. The Morgan fingerprint density at radius 3 is 2.22 bits per heavy atom. The van der Waals surface area contributed by atoms with Crippen LogP contribution < -0.4 is 20.3 Å². The maximum atomic E-state index is 13.8. The summed E-state index contributed by atoms with van der Waals surface area (Å²) < 4.78 is 5.33. The van der Waals surface area contributed by atoms with Gasteiger partial charge in [-0.15, -0.1) is 0 Å². The van der Waals surface area contributed by atoms with Gasteiger partial charge in [0, 0.05) is 36.0 Å². The fraction of sp³-hybridized carbons (Fsp3) is 0.323. The van der Waals surface area contributed by atoms with Gasteiger partial charge in [0.2, 0.25) is 0 Å². The molecule has 0 spiro atoms. The lowest BCUT2D eigenvalue weighted by Crippen LogP contribution is -2.30. The number of Topliss-reactive ketones (excluding diaryl/α,β-unsaturated/α-hetero) is 1. The average molecular weight is 482 g/mol. The largest absolute Gasteiger partial charge is 0.497 e. The van der Waals surface area contributed by atoms with Gasteiger partial charge in [-0.2, -0.15) is 0 Å². The molecule has 5 heteroatoms. The van der Waals surface area contributed by atoms with Crippen LogP contribution >= 0.6 is 0 Å². The summed E-state index contributed by atoms with van der Waals surface area (Å²) in [5.74, 6) is 1.15. The Bertz CT molecular complexity index is 1260. The molecule has 1 aliphatic heterocycles. The summed E-state index contributed by atoms with van der Waals surface area (Å²) >= 11 is 0. The molecule has 2 unspecified atom stereocenters. The number of nitrogens with one attached hydrogen (secondary N) is 2. The molecular formula is C31H35N3O2. The van der Waals surface area contributed by atoms with Gasteiger partial charge in [0.15, 0.2) is 5.78 Å². The van der Waals surface area contributed by atoms with E-state index in [-0.39, 0.29) is 17.7 Å². The number of carbonyl (C=O) groups excluding carboxylic acids is 1. The summed E-state index contributed by atoms with van der Waals surface area (Å²) in [5.41, 5.74) is 7.33. The molecule has 0 saturated heterocycles. The van der Waals surface area contributed by atoms with Gasteiger partial charge in [-0.3, -0.25) is 4.79 Å². The minimum Gasteiger partial charge on any atom is -0.497 e. The number of ketones is 1. The number of carbonyl (C=O) groups is 1. The van der Waals surface area contributed by atoms with Crippen molar-refractivity contribution < 1.29 is 9.53 Å². The molecule has 1 heterocycles. The third kappa shape index (κ3) is 4.58.